The van der Waals surface area contributed by atoms with Gasteiger partial charge in [-0.05, 0) is 43.1 Å². The van der Waals surface area contributed by atoms with Gasteiger partial charge in [-0.15, -0.1) is 0 Å². The summed E-state index contributed by atoms with van der Waals surface area (Å²) < 4.78 is 11.5. The van der Waals surface area contributed by atoms with Gasteiger partial charge in [-0.2, -0.15) is 0 Å². The Bertz CT molecular complexity index is 532. The molecule has 4 nitrogen and oxygen atoms in total. The van der Waals surface area contributed by atoms with Crippen LogP contribution < -0.4 is 4.74 Å². The van der Waals surface area contributed by atoms with Crippen molar-refractivity contribution in [3.63, 3.8) is 0 Å². The number of hydrogen-bond donors (Lipinski definition) is 1. The molecule has 1 rings (SSSR count). The average molecular weight is 324 g/mol. The lowest BCUT2D eigenvalue weighted by Crippen LogP contribution is -2.43. The zero-order valence-corrected chi connectivity index (χ0v) is 15.7. The van der Waals surface area contributed by atoms with E-state index in [4.69, 9.17) is 9.16 Å². The minimum atomic E-state index is -1.87. The standard InChI is InChI=1S/C17H28O4Si/c1-12(21-22(6,7)17(2,3)4)11-13-9-8-10-14(20-5)15(13)16(18)19/h8-10,12H,11H2,1-7H3,(H,18,19). The third-order valence-electron chi connectivity index (χ3n) is 4.36. The first kappa shape index (κ1) is 18.7. The number of carboxylic acid groups (broad SMARTS) is 1. The highest BCUT2D eigenvalue weighted by Crippen LogP contribution is 2.37. The largest absolute Gasteiger partial charge is 0.496 e. The minimum Gasteiger partial charge on any atom is -0.496 e. The van der Waals surface area contributed by atoms with E-state index in [2.05, 4.69) is 33.9 Å². The molecule has 5 heteroatoms. The van der Waals surface area contributed by atoms with Gasteiger partial charge in [-0.1, -0.05) is 32.9 Å². The zero-order chi connectivity index (χ0) is 17.1. The van der Waals surface area contributed by atoms with E-state index in [1.54, 1.807) is 6.07 Å². The van der Waals surface area contributed by atoms with E-state index < -0.39 is 14.3 Å². The Morgan fingerprint density at radius 2 is 1.91 bits per heavy atom. The van der Waals surface area contributed by atoms with Crippen molar-refractivity contribution >= 4 is 14.3 Å². The minimum absolute atomic E-state index is 0.0360. The molecule has 0 amide bonds. The van der Waals surface area contributed by atoms with Crippen molar-refractivity contribution < 1.29 is 19.1 Å². The van der Waals surface area contributed by atoms with Gasteiger partial charge in [0.2, 0.25) is 0 Å². The maximum absolute atomic E-state index is 11.5. The molecule has 0 aliphatic rings. The van der Waals surface area contributed by atoms with Crippen LogP contribution in [0.1, 0.15) is 43.6 Å². The molecule has 0 heterocycles. The maximum atomic E-state index is 11.5. The smallest absolute Gasteiger partial charge is 0.339 e. The van der Waals surface area contributed by atoms with Crippen LogP contribution in [0.25, 0.3) is 0 Å². The average Bonchev–Trinajstić information content (AvgIpc) is 2.35. The maximum Gasteiger partial charge on any atom is 0.339 e. The predicted molar refractivity (Wildman–Crippen MR) is 91.4 cm³/mol. The number of benzene rings is 1. The summed E-state index contributed by atoms with van der Waals surface area (Å²) in [5, 5.41) is 9.57. The highest BCUT2D eigenvalue weighted by Gasteiger charge is 2.38. The monoisotopic (exact) mass is 324 g/mol. The molecule has 1 N–H and O–H groups in total. The van der Waals surface area contributed by atoms with Crippen molar-refractivity contribution in [1.29, 1.82) is 0 Å². The molecule has 0 aromatic heterocycles. The highest BCUT2D eigenvalue weighted by molar-refractivity contribution is 6.74. The van der Waals surface area contributed by atoms with Gasteiger partial charge in [-0.3, -0.25) is 0 Å². The molecule has 0 spiro atoms. The highest BCUT2D eigenvalue weighted by atomic mass is 28.4. The number of ether oxygens (including phenoxy) is 1. The molecule has 1 atom stereocenters. The molecule has 0 aliphatic heterocycles. The quantitative estimate of drug-likeness (QED) is 0.791. The SMILES string of the molecule is COc1cccc(CC(C)O[Si](C)(C)C(C)(C)C)c1C(=O)O. The van der Waals surface area contributed by atoms with Gasteiger partial charge >= 0.3 is 5.97 Å². The van der Waals surface area contributed by atoms with E-state index in [0.29, 0.717) is 12.2 Å². The molecule has 0 bridgehead atoms. The van der Waals surface area contributed by atoms with Crippen molar-refractivity contribution in [3.8, 4) is 5.75 Å². The molecule has 22 heavy (non-hydrogen) atoms. The van der Waals surface area contributed by atoms with Crippen molar-refractivity contribution in [1.82, 2.24) is 0 Å². The lowest BCUT2D eigenvalue weighted by atomic mass is 10.0. The molecule has 1 aromatic carbocycles. The number of hydrogen-bond acceptors (Lipinski definition) is 3. The van der Waals surface area contributed by atoms with Crippen molar-refractivity contribution in [2.75, 3.05) is 7.11 Å². The van der Waals surface area contributed by atoms with Crippen LogP contribution in [0.5, 0.6) is 5.75 Å². The molecule has 0 saturated heterocycles. The Hall–Kier alpha value is -1.33. The molecule has 0 fully saturated rings. The molecule has 1 aromatic rings. The number of methoxy groups -OCH3 is 1. The van der Waals surface area contributed by atoms with Crippen LogP contribution in [0.3, 0.4) is 0 Å². The Morgan fingerprint density at radius 1 is 1.32 bits per heavy atom. The zero-order valence-electron chi connectivity index (χ0n) is 14.7. The second-order valence-corrected chi connectivity index (χ2v) is 11.9. The lowest BCUT2D eigenvalue weighted by molar-refractivity contribution is 0.0691. The lowest BCUT2D eigenvalue weighted by Gasteiger charge is -2.38. The molecule has 124 valence electrons. The normalized spacial score (nSPS) is 13.8. The van der Waals surface area contributed by atoms with Gasteiger partial charge in [0, 0.05) is 6.10 Å². The van der Waals surface area contributed by atoms with E-state index in [0.717, 1.165) is 5.56 Å². The number of rotatable bonds is 6. The Balaban J connectivity index is 2.98. The molecule has 0 aliphatic carbocycles. The van der Waals surface area contributed by atoms with Crippen LogP contribution in [0.2, 0.25) is 18.1 Å². The second kappa shape index (κ2) is 6.83. The van der Waals surface area contributed by atoms with Crippen molar-refractivity contribution in [3.05, 3.63) is 29.3 Å². The van der Waals surface area contributed by atoms with E-state index in [1.807, 2.05) is 19.1 Å². The summed E-state index contributed by atoms with van der Waals surface area (Å²) in [5.74, 6) is -0.573. The van der Waals surface area contributed by atoms with Crippen LogP contribution >= 0.6 is 0 Å². The molecular weight excluding hydrogens is 296 g/mol. The molecular formula is C17H28O4Si. The summed E-state index contributed by atoms with van der Waals surface area (Å²) >= 11 is 0. The van der Waals surface area contributed by atoms with Gasteiger partial charge in [-0.25, -0.2) is 4.79 Å². The summed E-state index contributed by atoms with van der Waals surface area (Å²) in [6, 6.07) is 5.32. The third kappa shape index (κ3) is 4.33. The second-order valence-electron chi connectivity index (χ2n) is 7.19. The van der Waals surface area contributed by atoms with E-state index in [1.165, 1.54) is 7.11 Å². The van der Waals surface area contributed by atoms with Gasteiger partial charge in [0.25, 0.3) is 0 Å². The van der Waals surface area contributed by atoms with E-state index in [9.17, 15) is 9.90 Å². The summed E-state index contributed by atoms with van der Waals surface area (Å²) in [7, 11) is -0.380. The first-order valence-corrected chi connectivity index (χ1v) is 10.5. The first-order valence-electron chi connectivity index (χ1n) is 7.56. The Kier molecular flexibility index (Phi) is 5.81. The predicted octanol–water partition coefficient (Wildman–Crippen LogP) is 4.35. The first-order chi connectivity index (χ1) is 9.99. The van der Waals surface area contributed by atoms with Crippen molar-refractivity contribution in [2.45, 2.75) is 58.4 Å². The molecule has 0 saturated carbocycles. The van der Waals surface area contributed by atoms with Crippen LogP contribution in [-0.2, 0) is 10.8 Å². The van der Waals surface area contributed by atoms with E-state index in [-0.39, 0.29) is 16.7 Å². The molecule has 1 unspecified atom stereocenters. The Labute approximate surface area is 134 Å². The van der Waals surface area contributed by atoms with Crippen molar-refractivity contribution in [2.24, 2.45) is 0 Å². The summed E-state index contributed by atoms with van der Waals surface area (Å²) in [5.41, 5.74) is 0.980. The van der Waals surface area contributed by atoms with Crippen LogP contribution in [0, 0.1) is 0 Å². The van der Waals surface area contributed by atoms with Crippen LogP contribution in [-0.4, -0.2) is 32.6 Å². The molecule has 0 radical (unpaired) electrons. The van der Waals surface area contributed by atoms with E-state index >= 15 is 0 Å². The van der Waals surface area contributed by atoms with Gasteiger partial charge < -0.3 is 14.3 Å². The fourth-order valence-electron chi connectivity index (χ4n) is 2.19. The van der Waals surface area contributed by atoms with Gasteiger partial charge in [0.05, 0.1) is 7.11 Å². The number of carbonyl (C=O) groups is 1. The van der Waals surface area contributed by atoms with Gasteiger partial charge in [0.15, 0.2) is 8.32 Å². The third-order valence-corrected chi connectivity index (χ3v) is 8.96. The number of carboxylic acids is 1. The number of aromatic carboxylic acids is 1. The topological polar surface area (TPSA) is 55.8 Å². The fraction of sp³-hybridized carbons (Fsp3) is 0.588. The van der Waals surface area contributed by atoms with Crippen LogP contribution in [0.15, 0.2) is 18.2 Å². The summed E-state index contributed by atoms with van der Waals surface area (Å²) in [6.45, 7) is 13.0. The summed E-state index contributed by atoms with van der Waals surface area (Å²) in [4.78, 5) is 11.5. The Morgan fingerprint density at radius 3 is 2.36 bits per heavy atom. The van der Waals surface area contributed by atoms with Gasteiger partial charge in [0.1, 0.15) is 11.3 Å². The summed E-state index contributed by atoms with van der Waals surface area (Å²) in [6.07, 6.45) is 0.525. The fourth-order valence-corrected chi connectivity index (χ4v) is 3.63. The van der Waals surface area contributed by atoms with Crippen LogP contribution in [0.4, 0.5) is 0 Å².